The van der Waals surface area contributed by atoms with Crippen LogP contribution in [0.15, 0.2) is 0 Å². The third kappa shape index (κ3) is 17.8. The molecular formula is C34H63N5O9. The van der Waals surface area contributed by atoms with Crippen LogP contribution >= 0.6 is 0 Å². The number of carbonyl (C=O) groups excluding carboxylic acids is 5. The summed E-state index contributed by atoms with van der Waals surface area (Å²) in [7, 11) is 0. The first-order valence-electron chi connectivity index (χ1n) is 17.1. The van der Waals surface area contributed by atoms with E-state index in [-0.39, 0.29) is 41.9 Å². The molecule has 0 saturated heterocycles. The molecule has 5 amide bonds. The molecule has 0 aliphatic heterocycles. The van der Waals surface area contributed by atoms with Gasteiger partial charge < -0.3 is 41.9 Å². The molecule has 0 fully saturated rings. The van der Waals surface area contributed by atoms with Crippen LogP contribution in [0.3, 0.4) is 0 Å². The van der Waals surface area contributed by atoms with Crippen molar-refractivity contribution < 1.29 is 44.1 Å². The van der Waals surface area contributed by atoms with Crippen LogP contribution in [0.4, 0.5) is 0 Å². The molecule has 0 aliphatic carbocycles. The van der Waals surface area contributed by atoms with Gasteiger partial charge in [-0.1, -0.05) is 69.2 Å². The van der Waals surface area contributed by atoms with Crippen LogP contribution in [0.1, 0.15) is 108 Å². The minimum Gasteiger partial charge on any atom is -0.481 e. The topological polar surface area (TPSA) is 223 Å². The molecule has 0 bridgehead atoms. The molecule has 0 rings (SSSR count). The molecule has 0 saturated carbocycles. The van der Waals surface area contributed by atoms with Crippen molar-refractivity contribution in [2.45, 2.75) is 151 Å². The predicted molar refractivity (Wildman–Crippen MR) is 182 cm³/mol. The molecule has 14 nitrogen and oxygen atoms in total. The van der Waals surface area contributed by atoms with E-state index in [1.54, 1.807) is 27.7 Å². The van der Waals surface area contributed by atoms with Gasteiger partial charge in [-0.25, -0.2) is 0 Å². The highest BCUT2D eigenvalue weighted by molar-refractivity contribution is 5.92. The molecule has 0 spiro atoms. The Morgan fingerprint density at radius 1 is 0.479 bits per heavy atom. The van der Waals surface area contributed by atoms with Crippen LogP contribution in [0.25, 0.3) is 0 Å². The number of hydrogen-bond acceptors (Lipinski definition) is 8. The third-order valence-electron chi connectivity index (χ3n) is 7.69. The van der Waals surface area contributed by atoms with Gasteiger partial charge in [-0.3, -0.25) is 28.8 Å². The van der Waals surface area contributed by atoms with E-state index in [0.29, 0.717) is 12.8 Å². The Balaban J connectivity index is 5.60. The molecule has 8 N–H and O–H groups in total. The van der Waals surface area contributed by atoms with Gasteiger partial charge in [0.25, 0.3) is 0 Å². The van der Waals surface area contributed by atoms with Gasteiger partial charge in [-0.2, -0.15) is 0 Å². The number of hydrogen-bond donors (Lipinski definition) is 8. The maximum absolute atomic E-state index is 13.5. The number of nitrogens with one attached hydrogen (secondary N) is 5. The molecule has 0 aromatic carbocycles. The maximum atomic E-state index is 13.5. The average Bonchev–Trinajstić information content (AvgIpc) is 2.91. The van der Waals surface area contributed by atoms with E-state index >= 15 is 0 Å². The van der Waals surface area contributed by atoms with Gasteiger partial charge in [0.2, 0.25) is 29.5 Å². The van der Waals surface area contributed by atoms with Crippen molar-refractivity contribution in [3.05, 3.63) is 0 Å². The SMILES string of the molecule is CC(C)CC(=O)NC(C(=O)NC(C(=O)N[C@@H](CC(C)C)[C@@H](O)CC(=O)N[C@@H](C)C(=O)N[C@@H](CC(C)C)[C@@H](O)CC(=O)O)C(C)C)C(C)C. The fourth-order valence-electron chi connectivity index (χ4n) is 5.16. The molecular weight excluding hydrogens is 622 g/mol. The minimum atomic E-state index is -1.33. The molecule has 14 heteroatoms. The summed E-state index contributed by atoms with van der Waals surface area (Å²) in [6.45, 7) is 19.8. The fraction of sp³-hybridized carbons (Fsp3) is 0.824. The summed E-state index contributed by atoms with van der Waals surface area (Å²) in [6, 6.07) is -4.61. The summed E-state index contributed by atoms with van der Waals surface area (Å²) in [5, 5.41) is 43.9. The normalized spacial score (nSPS) is 16.1. The molecule has 2 unspecified atom stereocenters. The Labute approximate surface area is 286 Å². The molecule has 0 radical (unpaired) electrons. The number of carboxylic acids is 1. The summed E-state index contributed by atoms with van der Waals surface area (Å²) in [6.07, 6.45) is -2.76. The Hall–Kier alpha value is -3.26. The number of rotatable bonds is 22. The number of aliphatic carboxylic acids is 1. The zero-order valence-electron chi connectivity index (χ0n) is 30.8. The average molecular weight is 686 g/mol. The van der Waals surface area contributed by atoms with Crippen molar-refractivity contribution in [1.82, 2.24) is 26.6 Å². The standard InChI is InChI=1S/C34H63N5O9/c1-17(2)12-23(37-33(47)31(21(9)10)39-34(48)30(20(7)8)38-27(42)14-19(5)6)25(40)15-28(43)35-22(11)32(46)36-24(13-18(3)4)26(41)16-29(44)45/h17-26,30-31,40-41H,12-16H2,1-11H3,(H,35,43)(H,36,46)(H,37,47)(H,38,42)(H,39,48)(H,44,45)/t22-,23-,24-,25-,26-,30?,31?/m0/s1. The van der Waals surface area contributed by atoms with Gasteiger partial charge in [-0.05, 0) is 49.4 Å². The molecule has 0 aromatic heterocycles. The summed E-state index contributed by atoms with van der Waals surface area (Å²) < 4.78 is 0. The van der Waals surface area contributed by atoms with E-state index in [1.165, 1.54) is 6.92 Å². The summed E-state index contributed by atoms with van der Waals surface area (Å²) >= 11 is 0. The fourth-order valence-corrected chi connectivity index (χ4v) is 5.16. The Bertz CT molecular complexity index is 1060. The van der Waals surface area contributed by atoms with Gasteiger partial charge >= 0.3 is 5.97 Å². The van der Waals surface area contributed by atoms with Crippen LogP contribution in [0.5, 0.6) is 0 Å². The van der Waals surface area contributed by atoms with E-state index in [9.17, 15) is 39.0 Å². The first kappa shape index (κ1) is 44.7. The number of carboxylic acid groups (broad SMARTS) is 1. The second-order valence-corrected chi connectivity index (χ2v) is 14.8. The number of amides is 5. The highest BCUT2D eigenvalue weighted by Gasteiger charge is 2.34. The van der Waals surface area contributed by atoms with Crippen molar-refractivity contribution in [3.8, 4) is 0 Å². The predicted octanol–water partition coefficient (Wildman–Crippen LogP) is 1.47. The van der Waals surface area contributed by atoms with E-state index in [0.717, 1.165) is 0 Å². The van der Waals surface area contributed by atoms with Gasteiger partial charge in [0.05, 0.1) is 37.1 Å². The van der Waals surface area contributed by atoms with Crippen LogP contribution in [0.2, 0.25) is 0 Å². The third-order valence-corrected chi connectivity index (χ3v) is 7.69. The van der Waals surface area contributed by atoms with E-state index in [2.05, 4.69) is 26.6 Å². The number of aliphatic hydroxyl groups is 2. The van der Waals surface area contributed by atoms with Crippen LogP contribution in [-0.4, -0.2) is 93.2 Å². The monoisotopic (exact) mass is 685 g/mol. The second kappa shape index (κ2) is 21.7. The second-order valence-electron chi connectivity index (χ2n) is 14.8. The lowest BCUT2D eigenvalue weighted by Crippen LogP contribution is -2.59. The van der Waals surface area contributed by atoms with Gasteiger partial charge in [0.1, 0.15) is 18.1 Å². The van der Waals surface area contributed by atoms with E-state index in [1.807, 2.05) is 41.5 Å². The largest absolute Gasteiger partial charge is 0.481 e. The highest BCUT2D eigenvalue weighted by Crippen LogP contribution is 2.15. The van der Waals surface area contributed by atoms with Crippen molar-refractivity contribution in [2.24, 2.45) is 29.6 Å². The lowest BCUT2D eigenvalue weighted by molar-refractivity contribution is -0.140. The first-order valence-corrected chi connectivity index (χ1v) is 17.1. The number of carbonyl (C=O) groups is 6. The number of aliphatic hydroxyl groups excluding tert-OH is 2. The summed E-state index contributed by atoms with van der Waals surface area (Å²) in [5.74, 6) is -4.25. The minimum absolute atomic E-state index is 0.0152. The lowest BCUT2D eigenvalue weighted by atomic mass is 9.95. The molecule has 278 valence electrons. The molecule has 0 aliphatic rings. The summed E-state index contributed by atoms with van der Waals surface area (Å²) in [4.78, 5) is 75.9. The van der Waals surface area contributed by atoms with Gasteiger partial charge in [0.15, 0.2) is 0 Å². The first-order chi connectivity index (χ1) is 22.0. The van der Waals surface area contributed by atoms with Crippen molar-refractivity contribution in [2.75, 3.05) is 0 Å². The van der Waals surface area contributed by atoms with Crippen molar-refractivity contribution in [3.63, 3.8) is 0 Å². The molecule has 0 aromatic rings. The smallest absolute Gasteiger partial charge is 0.306 e. The Kier molecular flexibility index (Phi) is 20.2. The maximum Gasteiger partial charge on any atom is 0.306 e. The van der Waals surface area contributed by atoms with E-state index < -0.39 is 84.9 Å². The molecule has 0 heterocycles. The van der Waals surface area contributed by atoms with Gasteiger partial charge in [0, 0.05) is 6.42 Å². The molecule has 48 heavy (non-hydrogen) atoms. The zero-order chi connectivity index (χ0) is 37.5. The highest BCUT2D eigenvalue weighted by atomic mass is 16.4. The van der Waals surface area contributed by atoms with E-state index in [4.69, 9.17) is 5.11 Å². The quantitative estimate of drug-likeness (QED) is 0.0825. The van der Waals surface area contributed by atoms with Crippen molar-refractivity contribution >= 4 is 35.5 Å². The van der Waals surface area contributed by atoms with Gasteiger partial charge in [-0.15, -0.1) is 0 Å². The van der Waals surface area contributed by atoms with Crippen LogP contribution in [-0.2, 0) is 28.8 Å². The lowest BCUT2D eigenvalue weighted by Gasteiger charge is -2.31. The Morgan fingerprint density at radius 2 is 0.875 bits per heavy atom. The Morgan fingerprint density at radius 3 is 1.29 bits per heavy atom. The zero-order valence-corrected chi connectivity index (χ0v) is 30.8. The van der Waals surface area contributed by atoms with Crippen LogP contribution < -0.4 is 26.6 Å². The van der Waals surface area contributed by atoms with Crippen LogP contribution in [0, 0.1) is 29.6 Å². The summed E-state index contributed by atoms with van der Waals surface area (Å²) in [5.41, 5.74) is 0. The molecule has 7 atom stereocenters. The van der Waals surface area contributed by atoms with Crippen molar-refractivity contribution in [1.29, 1.82) is 0 Å².